The second kappa shape index (κ2) is 4.28. The smallest absolute Gasteiger partial charge is 0.181 e. The average Bonchev–Trinajstić information content (AvgIpc) is 2.26. The molecule has 18 heavy (non-hydrogen) atoms. The summed E-state index contributed by atoms with van der Waals surface area (Å²) in [5.41, 5.74) is 0.344. The summed E-state index contributed by atoms with van der Waals surface area (Å²) < 4.78 is 50.8. The molecule has 0 bridgehead atoms. The highest BCUT2D eigenvalue weighted by Crippen LogP contribution is 2.39. The molecule has 1 aromatic rings. The zero-order chi connectivity index (χ0) is 13.7. The molecule has 1 aliphatic rings. The van der Waals surface area contributed by atoms with E-state index in [4.69, 9.17) is 0 Å². The van der Waals surface area contributed by atoms with E-state index in [9.17, 15) is 17.2 Å². The minimum Gasteiger partial charge on any atom is -0.302 e. The first-order valence-corrected chi connectivity index (χ1v) is 7.19. The Bertz CT molecular complexity index is 584. The summed E-state index contributed by atoms with van der Waals surface area (Å²) in [5, 5.41) is -0.595. The summed E-state index contributed by atoms with van der Waals surface area (Å²) in [6.45, 7) is 1.59. The highest BCUT2D eigenvalue weighted by Gasteiger charge is 2.38. The normalized spacial score (nSPS) is 26.1. The topological polar surface area (TPSA) is 37.4 Å². The molecule has 2 atom stereocenters. The van der Waals surface area contributed by atoms with Crippen LogP contribution in [0.4, 0.5) is 8.78 Å². The Balaban J connectivity index is 2.73. The largest absolute Gasteiger partial charge is 0.302 e. The van der Waals surface area contributed by atoms with Gasteiger partial charge in [0.25, 0.3) is 0 Å². The Hall–Kier alpha value is -1.01. The van der Waals surface area contributed by atoms with Crippen LogP contribution in [-0.4, -0.2) is 32.7 Å². The molecule has 2 unspecified atom stereocenters. The van der Waals surface area contributed by atoms with E-state index in [0.717, 1.165) is 12.1 Å². The highest BCUT2D eigenvalue weighted by molar-refractivity contribution is 7.92. The summed E-state index contributed by atoms with van der Waals surface area (Å²) >= 11 is 0. The summed E-state index contributed by atoms with van der Waals surface area (Å²) in [7, 11) is 0.0243. The molecule has 3 nitrogen and oxygen atoms in total. The SMILES string of the molecule is CC1CC(N(C)C)c2cc(F)c(F)cc2S1(=O)=O. The highest BCUT2D eigenvalue weighted by atomic mass is 32.2. The van der Waals surface area contributed by atoms with Gasteiger partial charge in [-0.3, -0.25) is 0 Å². The summed E-state index contributed by atoms with van der Waals surface area (Å²) in [4.78, 5) is 1.74. The standard InChI is InChI=1S/C12H15F2NO2S/c1-7-4-11(15(2)3)8-5-9(13)10(14)6-12(8)18(7,16)17/h5-7,11H,4H2,1-3H3. The van der Waals surface area contributed by atoms with E-state index in [2.05, 4.69) is 0 Å². The number of nitrogens with zero attached hydrogens (tertiary/aromatic N) is 1. The number of benzene rings is 1. The predicted molar refractivity (Wildman–Crippen MR) is 64.1 cm³/mol. The van der Waals surface area contributed by atoms with E-state index in [1.807, 2.05) is 4.90 Å². The van der Waals surface area contributed by atoms with Crippen LogP contribution in [0.25, 0.3) is 0 Å². The van der Waals surface area contributed by atoms with Crippen molar-refractivity contribution in [3.05, 3.63) is 29.3 Å². The molecule has 0 radical (unpaired) electrons. The molecule has 1 aliphatic heterocycles. The van der Waals surface area contributed by atoms with Gasteiger partial charge in [0.1, 0.15) is 0 Å². The average molecular weight is 275 g/mol. The molecule has 1 aromatic carbocycles. The molecule has 0 saturated carbocycles. The van der Waals surface area contributed by atoms with Crippen molar-refractivity contribution in [1.29, 1.82) is 0 Å². The molecule has 2 rings (SSSR count). The van der Waals surface area contributed by atoms with E-state index in [1.54, 1.807) is 21.0 Å². The summed E-state index contributed by atoms with van der Waals surface area (Å²) in [6.07, 6.45) is 0.382. The van der Waals surface area contributed by atoms with Crippen molar-refractivity contribution in [2.24, 2.45) is 0 Å². The van der Waals surface area contributed by atoms with Crippen LogP contribution in [-0.2, 0) is 9.84 Å². The maximum Gasteiger partial charge on any atom is 0.181 e. The van der Waals surface area contributed by atoms with Gasteiger partial charge in [-0.2, -0.15) is 0 Å². The van der Waals surface area contributed by atoms with Gasteiger partial charge in [-0.05, 0) is 45.1 Å². The van der Waals surface area contributed by atoms with Gasteiger partial charge in [0.15, 0.2) is 21.5 Å². The lowest BCUT2D eigenvalue weighted by molar-refractivity contribution is 0.272. The van der Waals surface area contributed by atoms with Crippen LogP contribution in [0.3, 0.4) is 0 Å². The van der Waals surface area contributed by atoms with E-state index in [0.29, 0.717) is 12.0 Å². The third-order valence-electron chi connectivity index (χ3n) is 3.43. The maximum absolute atomic E-state index is 13.3. The molecule has 0 aliphatic carbocycles. The van der Waals surface area contributed by atoms with Gasteiger partial charge in [-0.15, -0.1) is 0 Å². The summed E-state index contributed by atoms with van der Waals surface area (Å²) in [5.74, 6) is -2.13. The van der Waals surface area contributed by atoms with Crippen LogP contribution in [0.1, 0.15) is 24.9 Å². The Morgan fingerprint density at radius 2 is 1.78 bits per heavy atom. The van der Waals surface area contributed by atoms with Gasteiger partial charge in [0.05, 0.1) is 10.1 Å². The second-order valence-corrected chi connectivity index (χ2v) is 7.21. The van der Waals surface area contributed by atoms with Gasteiger partial charge in [0.2, 0.25) is 0 Å². The number of hydrogen-bond donors (Lipinski definition) is 0. The molecule has 0 fully saturated rings. The quantitative estimate of drug-likeness (QED) is 0.737. The van der Waals surface area contributed by atoms with Crippen molar-refractivity contribution in [2.45, 2.75) is 29.5 Å². The molecular formula is C12H15F2NO2S. The lowest BCUT2D eigenvalue weighted by Gasteiger charge is -2.33. The first-order chi connectivity index (χ1) is 8.25. The molecule has 0 spiro atoms. The molecular weight excluding hydrogens is 260 g/mol. The fraction of sp³-hybridized carbons (Fsp3) is 0.500. The molecule has 0 amide bonds. The van der Waals surface area contributed by atoms with Crippen LogP contribution in [0, 0.1) is 11.6 Å². The third-order valence-corrected chi connectivity index (χ3v) is 5.64. The van der Waals surface area contributed by atoms with Gasteiger partial charge in [-0.25, -0.2) is 17.2 Å². The Labute approximate surface area is 105 Å². The molecule has 0 N–H and O–H groups in total. The lowest BCUT2D eigenvalue weighted by atomic mass is 10.00. The van der Waals surface area contributed by atoms with Crippen molar-refractivity contribution in [3.63, 3.8) is 0 Å². The molecule has 0 saturated heterocycles. The first-order valence-electron chi connectivity index (χ1n) is 5.64. The predicted octanol–water partition coefficient (Wildman–Crippen LogP) is 2.13. The van der Waals surface area contributed by atoms with E-state index in [-0.39, 0.29) is 10.9 Å². The van der Waals surface area contributed by atoms with E-state index in [1.165, 1.54) is 0 Å². The van der Waals surface area contributed by atoms with Crippen molar-refractivity contribution < 1.29 is 17.2 Å². The van der Waals surface area contributed by atoms with Crippen molar-refractivity contribution >= 4 is 9.84 Å². The second-order valence-electron chi connectivity index (χ2n) is 4.87. The molecule has 100 valence electrons. The minimum atomic E-state index is -3.56. The van der Waals surface area contributed by atoms with Crippen LogP contribution in [0.15, 0.2) is 17.0 Å². The lowest BCUT2D eigenvalue weighted by Crippen LogP contribution is -2.34. The van der Waals surface area contributed by atoms with E-state index >= 15 is 0 Å². The number of hydrogen-bond acceptors (Lipinski definition) is 3. The van der Waals surface area contributed by atoms with Crippen LogP contribution in [0.2, 0.25) is 0 Å². The zero-order valence-electron chi connectivity index (χ0n) is 10.4. The number of fused-ring (bicyclic) bond motifs is 1. The molecule has 0 aromatic heterocycles. The van der Waals surface area contributed by atoms with Crippen LogP contribution in [0.5, 0.6) is 0 Å². The van der Waals surface area contributed by atoms with Crippen LogP contribution >= 0.6 is 0 Å². The fourth-order valence-electron chi connectivity index (χ4n) is 2.32. The summed E-state index contributed by atoms with van der Waals surface area (Å²) in [6, 6.07) is 1.58. The molecule has 1 heterocycles. The first kappa shape index (κ1) is 13.4. The number of sulfone groups is 1. The Morgan fingerprint density at radius 1 is 1.22 bits per heavy atom. The van der Waals surface area contributed by atoms with Crippen LogP contribution < -0.4 is 0 Å². The fourth-order valence-corrected chi connectivity index (χ4v) is 3.98. The van der Waals surface area contributed by atoms with Gasteiger partial charge in [0, 0.05) is 6.04 Å². The van der Waals surface area contributed by atoms with Gasteiger partial charge >= 0.3 is 0 Å². The van der Waals surface area contributed by atoms with Crippen molar-refractivity contribution in [2.75, 3.05) is 14.1 Å². The van der Waals surface area contributed by atoms with Gasteiger partial charge in [-0.1, -0.05) is 0 Å². The Kier molecular flexibility index (Phi) is 3.19. The minimum absolute atomic E-state index is 0.0844. The van der Waals surface area contributed by atoms with Crippen molar-refractivity contribution in [3.8, 4) is 0 Å². The van der Waals surface area contributed by atoms with Crippen molar-refractivity contribution in [1.82, 2.24) is 4.90 Å². The molecule has 6 heteroatoms. The number of halogens is 2. The zero-order valence-corrected chi connectivity index (χ0v) is 11.3. The number of rotatable bonds is 1. The Morgan fingerprint density at radius 3 is 2.33 bits per heavy atom. The monoisotopic (exact) mass is 275 g/mol. The van der Waals surface area contributed by atoms with E-state index < -0.39 is 26.7 Å². The maximum atomic E-state index is 13.3. The third kappa shape index (κ3) is 1.93. The van der Waals surface area contributed by atoms with Gasteiger partial charge < -0.3 is 4.90 Å².